The van der Waals surface area contributed by atoms with Gasteiger partial charge in [0.2, 0.25) is 0 Å². The Hall–Kier alpha value is -2.08. The van der Waals surface area contributed by atoms with Crippen LogP contribution in [0.5, 0.6) is 5.75 Å². The number of ether oxygens (including phenoxy) is 1. The lowest BCUT2D eigenvalue weighted by molar-refractivity contribution is -0.138. The smallest absolute Gasteiger partial charge is 0.325 e. The van der Waals surface area contributed by atoms with E-state index >= 15 is 0 Å². The van der Waals surface area contributed by atoms with E-state index in [1.807, 2.05) is 13.0 Å². The zero-order valence-electron chi connectivity index (χ0n) is 12.1. The molecule has 1 N–H and O–H groups in total. The third kappa shape index (κ3) is 3.39. The second kappa shape index (κ2) is 5.96. The standard InChI is InChI=1S/C15H16ClN3O3/c1-9-6-11(16)4-5-12(9)22-8-13-17-15(10-2-3-10)18-19(13)7-14(20)21/h4-6,10H,2-3,7-8H2,1H3,(H,20,21). The Labute approximate surface area is 132 Å². The summed E-state index contributed by atoms with van der Waals surface area (Å²) in [6, 6.07) is 5.35. The maximum absolute atomic E-state index is 10.9. The molecule has 3 rings (SSSR count). The van der Waals surface area contributed by atoms with Gasteiger partial charge in [-0.2, -0.15) is 5.10 Å². The summed E-state index contributed by atoms with van der Waals surface area (Å²) >= 11 is 5.91. The summed E-state index contributed by atoms with van der Waals surface area (Å²) in [4.78, 5) is 15.4. The lowest BCUT2D eigenvalue weighted by atomic mass is 10.2. The van der Waals surface area contributed by atoms with Gasteiger partial charge in [-0.25, -0.2) is 9.67 Å². The van der Waals surface area contributed by atoms with E-state index in [-0.39, 0.29) is 13.2 Å². The van der Waals surface area contributed by atoms with Gasteiger partial charge in [0.15, 0.2) is 11.6 Å². The number of carboxylic acids is 1. The maximum atomic E-state index is 10.9. The van der Waals surface area contributed by atoms with Crippen molar-refractivity contribution in [2.75, 3.05) is 0 Å². The molecule has 1 aliphatic rings. The fraction of sp³-hybridized carbons (Fsp3) is 0.400. The Balaban J connectivity index is 1.76. The van der Waals surface area contributed by atoms with Crippen LogP contribution < -0.4 is 4.74 Å². The Morgan fingerprint density at radius 3 is 2.91 bits per heavy atom. The second-order valence-electron chi connectivity index (χ2n) is 5.41. The molecule has 1 aromatic heterocycles. The van der Waals surface area contributed by atoms with Crippen LogP contribution >= 0.6 is 11.6 Å². The lowest BCUT2D eigenvalue weighted by Gasteiger charge is -2.09. The molecule has 0 saturated heterocycles. The van der Waals surface area contributed by atoms with E-state index in [1.165, 1.54) is 4.68 Å². The molecule has 0 bridgehead atoms. The van der Waals surface area contributed by atoms with Gasteiger partial charge in [0.25, 0.3) is 0 Å². The normalized spacial score (nSPS) is 14.1. The third-order valence-corrected chi connectivity index (χ3v) is 3.72. The molecule has 1 aromatic carbocycles. The van der Waals surface area contributed by atoms with Gasteiger partial charge in [-0.1, -0.05) is 11.6 Å². The molecule has 0 spiro atoms. The van der Waals surface area contributed by atoms with Crippen molar-refractivity contribution in [3.05, 3.63) is 40.4 Å². The Kier molecular flexibility index (Phi) is 4.02. The van der Waals surface area contributed by atoms with E-state index in [4.69, 9.17) is 21.4 Å². The van der Waals surface area contributed by atoms with Crippen LogP contribution in [-0.4, -0.2) is 25.8 Å². The number of nitrogens with zero attached hydrogens (tertiary/aromatic N) is 3. The monoisotopic (exact) mass is 321 g/mol. The van der Waals surface area contributed by atoms with E-state index in [2.05, 4.69) is 10.1 Å². The zero-order valence-corrected chi connectivity index (χ0v) is 12.9. The van der Waals surface area contributed by atoms with Crippen molar-refractivity contribution in [2.45, 2.75) is 38.8 Å². The van der Waals surface area contributed by atoms with Crippen LogP contribution in [0, 0.1) is 6.92 Å². The predicted molar refractivity (Wildman–Crippen MR) is 80.2 cm³/mol. The quantitative estimate of drug-likeness (QED) is 0.885. The molecule has 116 valence electrons. The molecule has 1 fully saturated rings. The van der Waals surface area contributed by atoms with Crippen LogP contribution in [0.4, 0.5) is 0 Å². The summed E-state index contributed by atoms with van der Waals surface area (Å²) in [6.45, 7) is 1.87. The summed E-state index contributed by atoms with van der Waals surface area (Å²) in [7, 11) is 0. The second-order valence-corrected chi connectivity index (χ2v) is 5.85. The van der Waals surface area contributed by atoms with Crippen molar-refractivity contribution in [1.29, 1.82) is 0 Å². The molecule has 1 aliphatic carbocycles. The zero-order chi connectivity index (χ0) is 15.7. The van der Waals surface area contributed by atoms with Crippen molar-refractivity contribution in [1.82, 2.24) is 14.8 Å². The van der Waals surface area contributed by atoms with E-state index in [0.717, 1.165) is 18.4 Å². The molecule has 0 amide bonds. The molecule has 0 radical (unpaired) electrons. The average Bonchev–Trinajstić information content (AvgIpc) is 3.21. The minimum Gasteiger partial charge on any atom is -0.485 e. The molecule has 6 nitrogen and oxygen atoms in total. The Morgan fingerprint density at radius 2 is 2.27 bits per heavy atom. The number of aryl methyl sites for hydroxylation is 1. The molecule has 0 atom stereocenters. The van der Waals surface area contributed by atoms with Crippen molar-refractivity contribution in [3.63, 3.8) is 0 Å². The molecule has 7 heteroatoms. The molecule has 0 aliphatic heterocycles. The first kappa shape index (κ1) is 14.8. The molecule has 22 heavy (non-hydrogen) atoms. The van der Waals surface area contributed by atoms with Gasteiger partial charge >= 0.3 is 5.97 Å². The highest BCUT2D eigenvalue weighted by molar-refractivity contribution is 6.30. The Bertz CT molecular complexity index is 710. The summed E-state index contributed by atoms with van der Waals surface area (Å²) < 4.78 is 7.14. The van der Waals surface area contributed by atoms with Crippen LogP contribution in [-0.2, 0) is 17.9 Å². The number of rotatable bonds is 6. The molecule has 1 heterocycles. The van der Waals surface area contributed by atoms with Crippen molar-refractivity contribution in [2.24, 2.45) is 0 Å². The number of benzene rings is 1. The minimum absolute atomic E-state index is 0.176. The highest BCUT2D eigenvalue weighted by Gasteiger charge is 2.29. The molecule has 2 aromatic rings. The van der Waals surface area contributed by atoms with E-state index in [9.17, 15) is 4.79 Å². The van der Waals surface area contributed by atoms with E-state index in [1.54, 1.807) is 12.1 Å². The fourth-order valence-electron chi connectivity index (χ4n) is 2.19. The number of hydrogen-bond donors (Lipinski definition) is 1. The average molecular weight is 322 g/mol. The largest absolute Gasteiger partial charge is 0.485 e. The number of aromatic nitrogens is 3. The maximum Gasteiger partial charge on any atom is 0.325 e. The Morgan fingerprint density at radius 1 is 1.50 bits per heavy atom. The van der Waals surface area contributed by atoms with Gasteiger partial charge in [0.05, 0.1) is 0 Å². The topological polar surface area (TPSA) is 77.2 Å². The lowest BCUT2D eigenvalue weighted by Crippen LogP contribution is -2.15. The van der Waals surface area contributed by atoms with Gasteiger partial charge < -0.3 is 9.84 Å². The van der Waals surface area contributed by atoms with Crippen LogP contribution in [0.1, 0.15) is 36.0 Å². The number of hydrogen-bond acceptors (Lipinski definition) is 4. The number of carbonyl (C=O) groups is 1. The van der Waals surface area contributed by atoms with Crippen molar-refractivity contribution in [3.8, 4) is 5.75 Å². The van der Waals surface area contributed by atoms with Crippen LogP contribution in [0.3, 0.4) is 0 Å². The third-order valence-electron chi connectivity index (χ3n) is 3.49. The first-order valence-corrected chi connectivity index (χ1v) is 7.45. The summed E-state index contributed by atoms with van der Waals surface area (Å²) in [6.07, 6.45) is 2.13. The molecule has 1 saturated carbocycles. The molecular weight excluding hydrogens is 306 g/mol. The molecule has 0 unspecified atom stereocenters. The summed E-state index contributed by atoms with van der Waals surface area (Å²) in [5, 5.41) is 13.9. The predicted octanol–water partition coefficient (Wildman–Crippen LogP) is 2.78. The van der Waals surface area contributed by atoms with Crippen molar-refractivity contribution >= 4 is 17.6 Å². The van der Waals surface area contributed by atoms with E-state index in [0.29, 0.717) is 28.3 Å². The highest BCUT2D eigenvalue weighted by Crippen LogP contribution is 2.38. The first-order valence-electron chi connectivity index (χ1n) is 7.07. The van der Waals surface area contributed by atoms with Gasteiger partial charge in [0.1, 0.15) is 18.9 Å². The van der Waals surface area contributed by atoms with Gasteiger partial charge in [-0.3, -0.25) is 4.79 Å². The van der Waals surface area contributed by atoms with Gasteiger partial charge in [-0.15, -0.1) is 0 Å². The summed E-state index contributed by atoms with van der Waals surface area (Å²) in [5.41, 5.74) is 0.916. The van der Waals surface area contributed by atoms with E-state index < -0.39 is 5.97 Å². The highest BCUT2D eigenvalue weighted by atomic mass is 35.5. The summed E-state index contributed by atoms with van der Waals surface area (Å²) in [5.74, 6) is 1.36. The fourth-order valence-corrected chi connectivity index (χ4v) is 2.41. The molecular formula is C15H16ClN3O3. The first-order chi connectivity index (χ1) is 10.5. The minimum atomic E-state index is -0.948. The van der Waals surface area contributed by atoms with Crippen LogP contribution in [0.2, 0.25) is 5.02 Å². The van der Waals surface area contributed by atoms with Gasteiger partial charge in [0, 0.05) is 10.9 Å². The number of halogens is 1. The van der Waals surface area contributed by atoms with Crippen molar-refractivity contribution < 1.29 is 14.6 Å². The SMILES string of the molecule is Cc1cc(Cl)ccc1OCc1nc(C2CC2)nn1CC(=O)O. The van der Waals surface area contributed by atoms with Gasteiger partial charge in [-0.05, 0) is 43.5 Å². The number of aliphatic carboxylic acids is 1. The van der Waals surface area contributed by atoms with Crippen LogP contribution in [0.15, 0.2) is 18.2 Å². The van der Waals surface area contributed by atoms with Crippen LogP contribution in [0.25, 0.3) is 0 Å². The number of carboxylic acid groups (broad SMARTS) is 1.